The van der Waals surface area contributed by atoms with E-state index in [0.717, 1.165) is 11.5 Å². The molecule has 2 aliphatic heterocycles. The van der Waals surface area contributed by atoms with Gasteiger partial charge in [-0.15, -0.1) is 5.11 Å². The fourth-order valence-electron chi connectivity index (χ4n) is 2.68. The minimum absolute atomic E-state index is 0.112. The molecule has 2 amide bonds. The third-order valence-electron chi connectivity index (χ3n) is 4.73. The molecule has 0 aromatic rings. The standard InChI is InChI=1S/C18H22N6O2S4/c1-17(12-19,6-4-13(25)23-8-10-29-15(23)27)21-22-18(2,20-3)7-5-14(26)24-9-11-30-16(24)28/h4-11H2,1-2H3. The average Bonchev–Trinajstić information content (AvgIpc) is 3.36. The molecular weight excluding hydrogens is 461 g/mol. The first-order chi connectivity index (χ1) is 14.1. The minimum Gasteiger partial charge on any atom is -0.297 e. The largest absolute Gasteiger partial charge is 0.338 e. The first-order valence-corrected chi connectivity index (χ1v) is 12.1. The Bertz CT molecular complexity index is 783. The van der Waals surface area contributed by atoms with Crippen LogP contribution in [0.4, 0.5) is 0 Å². The van der Waals surface area contributed by atoms with Gasteiger partial charge in [0.25, 0.3) is 0 Å². The summed E-state index contributed by atoms with van der Waals surface area (Å²) in [6, 6.07) is 2.08. The molecule has 2 saturated heterocycles. The summed E-state index contributed by atoms with van der Waals surface area (Å²) < 4.78 is 1.12. The van der Waals surface area contributed by atoms with Crippen LogP contribution in [0.3, 0.4) is 0 Å². The number of carbonyl (C=O) groups is 2. The summed E-state index contributed by atoms with van der Waals surface area (Å²) in [5.41, 5.74) is -2.51. The molecule has 8 nitrogen and oxygen atoms in total. The normalized spacial score (nSPS) is 20.7. The summed E-state index contributed by atoms with van der Waals surface area (Å²) in [6.45, 7) is 11.8. The minimum atomic E-state index is -1.26. The van der Waals surface area contributed by atoms with Gasteiger partial charge in [0.1, 0.15) is 8.64 Å². The van der Waals surface area contributed by atoms with E-state index in [1.807, 2.05) is 0 Å². The van der Waals surface area contributed by atoms with Crippen LogP contribution < -0.4 is 0 Å². The Morgan fingerprint density at radius 1 is 1.10 bits per heavy atom. The van der Waals surface area contributed by atoms with Gasteiger partial charge in [-0.3, -0.25) is 24.2 Å². The summed E-state index contributed by atoms with van der Waals surface area (Å²) >= 11 is 13.2. The van der Waals surface area contributed by atoms with Crippen molar-refractivity contribution in [3.8, 4) is 6.07 Å². The highest BCUT2D eigenvalue weighted by Gasteiger charge is 2.35. The molecular formula is C18H22N6O2S4. The maximum Gasteiger partial charge on any atom is 0.338 e. The zero-order valence-electron chi connectivity index (χ0n) is 16.8. The number of thioether (sulfide) groups is 2. The number of nitriles is 1. The summed E-state index contributed by atoms with van der Waals surface area (Å²) in [7, 11) is 0. The van der Waals surface area contributed by atoms with E-state index in [1.54, 1.807) is 23.6 Å². The van der Waals surface area contributed by atoms with E-state index in [4.69, 9.17) is 31.0 Å². The van der Waals surface area contributed by atoms with Gasteiger partial charge >= 0.3 is 5.66 Å². The predicted octanol–water partition coefficient (Wildman–Crippen LogP) is 3.64. The van der Waals surface area contributed by atoms with Gasteiger partial charge in [0.05, 0.1) is 12.5 Å². The molecule has 0 N–H and O–H groups in total. The fraction of sp³-hybridized carbons (Fsp3) is 0.667. The Balaban J connectivity index is 1.95. The molecule has 2 aliphatic rings. The molecule has 160 valence electrons. The van der Waals surface area contributed by atoms with Crippen molar-refractivity contribution < 1.29 is 9.59 Å². The van der Waals surface area contributed by atoms with Crippen molar-refractivity contribution in [3.05, 3.63) is 11.4 Å². The van der Waals surface area contributed by atoms with Gasteiger partial charge < -0.3 is 0 Å². The summed E-state index contributed by atoms with van der Waals surface area (Å²) in [5, 5.41) is 17.8. The van der Waals surface area contributed by atoms with Crippen molar-refractivity contribution >= 4 is 68.4 Å². The molecule has 0 bridgehead atoms. The number of nitrogens with zero attached hydrogens (tertiary/aromatic N) is 6. The molecule has 0 saturated carbocycles. The van der Waals surface area contributed by atoms with Crippen LogP contribution >= 0.6 is 48.0 Å². The Labute approximate surface area is 195 Å². The Morgan fingerprint density at radius 2 is 1.60 bits per heavy atom. The maximum absolute atomic E-state index is 12.3. The third-order valence-corrected chi connectivity index (χ3v) is 7.59. The fourth-order valence-corrected chi connectivity index (χ4v) is 5.16. The average molecular weight is 483 g/mol. The number of hydrogen-bond donors (Lipinski definition) is 0. The molecule has 0 aliphatic carbocycles. The quantitative estimate of drug-likeness (QED) is 0.296. The second-order valence-corrected chi connectivity index (χ2v) is 10.7. The lowest BCUT2D eigenvalue weighted by atomic mass is 9.98. The molecule has 12 heteroatoms. The van der Waals surface area contributed by atoms with E-state index in [0.29, 0.717) is 21.7 Å². The van der Waals surface area contributed by atoms with Crippen LogP contribution in [-0.2, 0) is 9.59 Å². The van der Waals surface area contributed by atoms with E-state index in [9.17, 15) is 14.9 Å². The molecule has 0 radical (unpaired) electrons. The van der Waals surface area contributed by atoms with Crippen molar-refractivity contribution in [2.24, 2.45) is 10.2 Å². The van der Waals surface area contributed by atoms with Gasteiger partial charge in [0.2, 0.25) is 11.8 Å². The van der Waals surface area contributed by atoms with E-state index in [1.165, 1.54) is 23.5 Å². The van der Waals surface area contributed by atoms with E-state index < -0.39 is 11.2 Å². The number of hydrogen-bond acceptors (Lipinski definition) is 9. The molecule has 0 aromatic carbocycles. The Kier molecular flexibility index (Phi) is 8.73. The number of amides is 2. The molecule has 2 atom stereocenters. The van der Waals surface area contributed by atoms with Gasteiger partial charge in [-0.05, 0) is 13.3 Å². The molecule has 2 heterocycles. The van der Waals surface area contributed by atoms with Crippen molar-refractivity contribution in [2.75, 3.05) is 24.6 Å². The van der Waals surface area contributed by atoms with Crippen LogP contribution in [0.5, 0.6) is 0 Å². The molecule has 2 fully saturated rings. The molecule has 0 aromatic heterocycles. The van der Waals surface area contributed by atoms with Gasteiger partial charge in [-0.1, -0.05) is 48.0 Å². The van der Waals surface area contributed by atoms with E-state index >= 15 is 0 Å². The van der Waals surface area contributed by atoms with Crippen LogP contribution in [0, 0.1) is 17.9 Å². The smallest absolute Gasteiger partial charge is 0.297 e. The van der Waals surface area contributed by atoms with Crippen molar-refractivity contribution in [2.45, 2.75) is 50.7 Å². The van der Waals surface area contributed by atoms with Crippen molar-refractivity contribution in [1.82, 2.24) is 9.80 Å². The summed E-state index contributed by atoms with van der Waals surface area (Å²) in [4.78, 5) is 31.3. The number of azo groups is 1. The molecule has 2 unspecified atom stereocenters. The third kappa shape index (κ3) is 6.45. The lowest BCUT2D eigenvalue weighted by Gasteiger charge is -2.20. The predicted molar refractivity (Wildman–Crippen MR) is 126 cm³/mol. The maximum atomic E-state index is 12.3. The molecule has 2 rings (SSSR count). The number of rotatable bonds is 8. The zero-order chi connectivity index (χ0) is 22.4. The number of thiocarbonyl (C=S) groups is 2. The van der Waals surface area contributed by atoms with Gasteiger partial charge in [-0.25, -0.2) is 6.57 Å². The highest BCUT2D eigenvalue weighted by Crippen LogP contribution is 2.27. The van der Waals surface area contributed by atoms with Crippen LogP contribution in [-0.4, -0.2) is 66.1 Å². The molecule has 0 spiro atoms. The van der Waals surface area contributed by atoms with Crippen molar-refractivity contribution in [3.63, 3.8) is 0 Å². The SMILES string of the molecule is [C-]#[N+]C(C)(CCC(=O)N1CCSC1=S)N=NC(C)(C#N)CCC(=O)N1CCSC1=S. The highest BCUT2D eigenvalue weighted by molar-refractivity contribution is 8.23. The first kappa shape index (κ1) is 24.7. The van der Waals surface area contributed by atoms with Gasteiger partial charge in [0.15, 0.2) is 5.54 Å². The van der Waals surface area contributed by atoms with Crippen LogP contribution in [0.1, 0.15) is 39.5 Å². The lowest BCUT2D eigenvalue weighted by molar-refractivity contribution is -0.128. The molecule has 30 heavy (non-hydrogen) atoms. The van der Waals surface area contributed by atoms with Gasteiger partial charge in [-0.2, -0.15) is 10.4 Å². The van der Waals surface area contributed by atoms with Crippen LogP contribution in [0.2, 0.25) is 0 Å². The first-order valence-electron chi connectivity index (χ1n) is 9.31. The van der Waals surface area contributed by atoms with Crippen LogP contribution in [0.15, 0.2) is 10.2 Å². The Hall–Kier alpha value is -1.60. The summed E-state index contributed by atoms with van der Waals surface area (Å²) in [6.07, 6.45) is 0.565. The van der Waals surface area contributed by atoms with Gasteiger partial charge in [0, 0.05) is 44.4 Å². The topological polar surface area (TPSA) is 93.5 Å². The second-order valence-electron chi connectivity index (χ2n) is 7.23. The van der Waals surface area contributed by atoms with E-state index in [-0.39, 0.29) is 37.5 Å². The highest BCUT2D eigenvalue weighted by atomic mass is 32.2. The van der Waals surface area contributed by atoms with Crippen molar-refractivity contribution in [1.29, 1.82) is 5.26 Å². The monoisotopic (exact) mass is 482 g/mol. The van der Waals surface area contributed by atoms with E-state index in [2.05, 4.69) is 21.1 Å². The lowest BCUT2D eigenvalue weighted by Crippen LogP contribution is -2.33. The second kappa shape index (κ2) is 10.6. The van der Waals surface area contributed by atoms with Crippen LogP contribution in [0.25, 0.3) is 4.85 Å². The Morgan fingerprint density at radius 3 is 2.00 bits per heavy atom. The summed E-state index contributed by atoms with van der Waals surface area (Å²) in [5.74, 6) is 1.29. The number of carbonyl (C=O) groups excluding carboxylic acids is 2. The zero-order valence-corrected chi connectivity index (χ0v) is 20.1.